The number of hydrogen-bond acceptors (Lipinski definition) is 3. The molecule has 5 nitrogen and oxygen atoms in total. The van der Waals surface area contributed by atoms with Gasteiger partial charge in [0, 0.05) is 26.1 Å². The maximum absolute atomic E-state index is 12.3. The van der Waals surface area contributed by atoms with Gasteiger partial charge in [0.2, 0.25) is 5.91 Å². The van der Waals surface area contributed by atoms with Gasteiger partial charge < -0.3 is 15.0 Å². The van der Waals surface area contributed by atoms with Crippen molar-refractivity contribution in [1.82, 2.24) is 10.2 Å². The molecule has 0 atom stereocenters. The molecular weight excluding hydrogens is 364 g/mol. The molecule has 2 aromatic carbocycles. The molecule has 0 spiro atoms. The Balaban J connectivity index is 1.51. The standard InChI is InChI=1S/C24H30N2O3/c1-17(2)21-10-9-18(3)12-22(21)29-16-23(27)25-14-19-6-4-7-20(13-19)15-26-11-5-8-24(26)28/h4,6-7,9-10,12-13,17H,5,8,11,14-16H2,1-3H3,(H,25,27). The van der Waals surface area contributed by atoms with Crippen molar-refractivity contribution in [3.8, 4) is 5.75 Å². The molecule has 1 heterocycles. The molecule has 0 bridgehead atoms. The molecule has 2 amide bonds. The highest BCUT2D eigenvalue weighted by Crippen LogP contribution is 2.27. The van der Waals surface area contributed by atoms with Crippen molar-refractivity contribution in [3.05, 3.63) is 64.7 Å². The maximum atomic E-state index is 12.3. The fourth-order valence-electron chi connectivity index (χ4n) is 3.57. The van der Waals surface area contributed by atoms with Crippen LogP contribution in [0.2, 0.25) is 0 Å². The number of hydrogen-bond donors (Lipinski definition) is 1. The van der Waals surface area contributed by atoms with Crippen LogP contribution >= 0.6 is 0 Å². The van der Waals surface area contributed by atoms with Gasteiger partial charge in [-0.2, -0.15) is 0 Å². The second-order valence-electron chi connectivity index (χ2n) is 8.00. The molecule has 154 valence electrons. The Kier molecular flexibility index (Phi) is 6.91. The van der Waals surface area contributed by atoms with E-state index < -0.39 is 0 Å². The number of carbonyl (C=O) groups excluding carboxylic acids is 2. The van der Waals surface area contributed by atoms with Crippen LogP contribution in [-0.4, -0.2) is 29.9 Å². The number of amides is 2. The average Bonchev–Trinajstić information content (AvgIpc) is 3.09. The SMILES string of the molecule is Cc1ccc(C(C)C)c(OCC(=O)NCc2cccc(CN3CCCC3=O)c2)c1. The first-order valence-corrected chi connectivity index (χ1v) is 10.3. The molecule has 1 N–H and O–H groups in total. The number of carbonyl (C=O) groups is 2. The lowest BCUT2D eigenvalue weighted by atomic mass is 10.0. The summed E-state index contributed by atoms with van der Waals surface area (Å²) in [6.45, 7) is 8.13. The number of benzene rings is 2. The molecule has 29 heavy (non-hydrogen) atoms. The van der Waals surface area contributed by atoms with E-state index in [9.17, 15) is 9.59 Å². The predicted octanol–water partition coefficient (Wildman–Crippen LogP) is 3.94. The molecule has 2 aromatic rings. The summed E-state index contributed by atoms with van der Waals surface area (Å²) in [4.78, 5) is 26.0. The Hall–Kier alpha value is -2.82. The van der Waals surface area contributed by atoms with E-state index in [0.29, 0.717) is 25.4 Å². The van der Waals surface area contributed by atoms with E-state index in [1.807, 2.05) is 42.2 Å². The first-order chi connectivity index (χ1) is 13.9. The molecule has 0 aliphatic carbocycles. The van der Waals surface area contributed by atoms with Crippen molar-refractivity contribution in [1.29, 1.82) is 0 Å². The lowest BCUT2D eigenvalue weighted by Gasteiger charge is -2.16. The van der Waals surface area contributed by atoms with Crippen molar-refractivity contribution in [2.24, 2.45) is 0 Å². The van der Waals surface area contributed by atoms with Crippen LogP contribution in [0.3, 0.4) is 0 Å². The van der Waals surface area contributed by atoms with Gasteiger partial charge in [0.15, 0.2) is 6.61 Å². The summed E-state index contributed by atoms with van der Waals surface area (Å²) in [7, 11) is 0. The van der Waals surface area contributed by atoms with Crippen LogP contribution in [0.25, 0.3) is 0 Å². The normalized spacial score (nSPS) is 13.8. The van der Waals surface area contributed by atoms with E-state index in [-0.39, 0.29) is 18.4 Å². The summed E-state index contributed by atoms with van der Waals surface area (Å²) in [5, 5.41) is 2.92. The largest absolute Gasteiger partial charge is 0.483 e. The van der Waals surface area contributed by atoms with Gasteiger partial charge in [-0.15, -0.1) is 0 Å². The molecular formula is C24H30N2O3. The van der Waals surface area contributed by atoms with E-state index in [1.54, 1.807) is 0 Å². The number of ether oxygens (including phenoxy) is 1. The van der Waals surface area contributed by atoms with Gasteiger partial charge in [0.25, 0.3) is 5.91 Å². The molecule has 0 saturated carbocycles. The van der Waals surface area contributed by atoms with Crippen molar-refractivity contribution < 1.29 is 14.3 Å². The van der Waals surface area contributed by atoms with Gasteiger partial charge in [-0.1, -0.05) is 50.2 Å². The molecule has 3 rings (SSSR count). The van der Waals surface area contributed by atoms with Crippen LogP contribution < -0.4 is 10.1 Å². The Morgan fingerprint density at radius 2 is 1.97 bits per heavy atom. The molecule has 0 unspecified atom stereocenters. The van der Waals surface area contributed by atoms with Gasteiger partial charge >= 0.3 is 0 Å². The minimum atomic E-state index is -0.152. The predicted molar refractivity (Wildman–Crippen MR) is 114 cm³/mol. The van der Waals surface area contributed by atoms with Crippen molar-refractivity contribution in [3.63, 3.8) is 0 Å². The highest BCUT2D eigenvalue weighted by Gasteiger charge is 2.20. The first kappa shape index (κ1) is 20.9. The van der Waals surface area contributed by atoms with E-state index in [2.05, 4.69) is 31.3 Å². The fraction of sp³-hybridized carbons (Fsp3) is 0.417. The molecule has 1 aliphatic heterocycles. The van der Waals surface area contributed by atoms with Crippen LogP contribution in [0, 0.1) is 6.92 Å². The van der Waals surface area contributed by atoms with E-state index >= 15 is 0 Å². The monoisotopic (exact) mass is 394 g/mol. The smallest absolute Gasteiger partial charge is 0.258 e. The zero-order valence-corrected chi connectivity index (χ0v) is 17.5. The lowest BCUT2D eigenvalue weighted by molar-refractivity contribution is -0.128. The Bertz CT molecular complexity index is 876. The molecule has 1 fully saturated rings. The second-order valence-corrected chi connectivity index (χ2v) is 8.00. The summed E-state index contributed by atoms with van der Waals surface area (Å²) in [6, 6.07) is 14.1. The van der Waals surface area contributed by atoms with Gasteiger partial charge in [-0.25, -0.2) is 0 Å². The highest BCUT2D eigenvalue weighted by molar-refractivity contribution is 5.78. The summed E-state index contributed by atoms with van der Waals surface area (Å²) >= 11 is 0. The highest BCUT2D eigenvalue weighted by atomic mass is 16.5. The molecule has 0 radical (unpaired) electrons. The second kappa shape index (κ2) is 9.59. The number of likely N-dealkylation sites (tertiary alicyclic amines) is 1. The zero-order chi connectivity index (χ0) is 20.8. The van der Waals surface area contributed by atoms with Gasteiger partial charge in [-0.3, -0.25) is 9.59 Å². The summed E-state index contributed by atoms with van der Waals surface area (Å²) in [5.74, 6) is 1.17. The minimum absolute atomic E-state index is 0.00879. The Labute approximate surface area is 173 Å². The van der Waals surface area contributed by atoms with Crippen molar-refractivity contribution in [2.75, 3.05) is 13.2 Å². The summed E-state index contributed by atoms with van der Waals surface area (Å²) in [5.41, 5.74) is 4.32. The van der Waals surface area contributed by atoms with Crippen LogP contribution in [-0.2, 0) is 22.7 Å². The molecule has 5 heteroatoms. The van der Waals surface area contributed by atoms with Gasteiger partial charge in [0.05, 0.1) is 0 Å². The Morgan fingerprint density at radius 3 is 2.69 bits per heavy atom. The van der Waals surface area contributed by atoms with Crippen LogP contribution in [0.4, 0.5) is 0 Å². The van der Waals surface area contributed by atoms with Crippen LogP contribution in [0.1, 0.15) is 54.9 Å². The summed E-state index contributed by atoms with van der Waals surface area (Å²) < 4.78 is 5.80. The van der Waals surface area contributed by atoms with Crippen molar-refractivity contribution >= 4 is 11.8 Å². The third-order valence-corrected chi connectivity index (χ3v) is 5.18. The van der Waals surface area contributed by atoms with E-state index in [4.69, 9.17) is 4.74 Å². The fourth-order valence-corrected chi connectivity index (χ4v) is 3.57. The third-order valence-electron chi connectivity index (χ3n) is 5.18. The van der Waals surface area contributed by atoms with E-state index in [0.717, 1.165) is 41.0 Å². The molecule has 1 saturated heterocycles. The summed E-state index contributed by atoms with van der Waals surface area (Å²) in [6.07, 6.45) is 1.59. The lowest BCUT2D eigenvalue weighted by Crippen LogP contribution is -2.28. The number of nitrogens with zero attached hydrogens (tertiary/aromatic N) is 1. The third kappa shape index (κ3) is 5.83. The number of rotatable bonds is 8. The first-order valence-electron chi connectivity index (χ1n) is 10.3. The average molecular weight is 395 g/mol. The Morgan fingerprint density at radius 1 is 1.17 bits per heavy atom. The number of aryl methyl sites for hydroxylation is 1. The van der Waals surface area contributed by atoms with Gasteiger partial charge in [0.1, 0.15) is 5.75 Å². The molecule has 0 aromatic heterocycles. The van der Waals surface area contributed by atoms with E-state index in [1.165, 1.54) is 0 Å². The minimum Gasteiger partial charge on any atom is -0.483 e. The maximum Gasteiger partial charge on any atom is 0.258 e. The van der Waals surface area contributed by atoms with Crippen LogP contribution in [0.5, 0.6) is 5.75 Å². The van der Waals surface area contributed by atoms with Crippen LogP contribution in [0.15, 0.2) is 42.5 Å². The van der Waals surface area contributed by atoms with Gasteiger partial charge in [-0.05, 0) is 47.6 Å². The molecule has 1 aliphatic rings. The topological polar surface area (TPSA) is 58.6 Å². The number of nitrogens with one attached hydrogen (secondary N) is 1. The quantitative estimate of drug-likeness (QED) is 0.738. The zero-order valence-electron chi connectivity index (χ0n) is 17.5. The van der Waals surface area contributed by atoms with Crippen molar-refractivity contribution in [2.45, 2.75) is 52.6 Å².